The molecule has 0 aromatic rings. The lowest BCUT2D eigenvalue weighted by molar-refractivity contribution is -0.0917. The average molecular weight is 222 g/mol. The number of nitrogens with one attached hydrogen (secondary N) is 1. The van der Waals surface area contributed by atoms with E-state index in [1.54, 1.807) is 0 Å². The molecule has 2 rings (SSSR count). The Kier molecular flexibility index (Phi) is 4.19. The van der Waals surface area contributed by atoms with Crippen LogP contribution < -0.4 is 5.32 Å². The van der Waals surface area contributed by atoms with Crippen LogP contribution in [0.1, 0.15) is 26.7 Å². The quantitative estimate of drug-likeness (QED) is 0.729. The van der Waals surface area contributed by atoms with Crippen LogP contribution in [-0.2, 0) is 9.47 Å². The van der Waals surface area contributed by atoms with E-state index < -0.39 is 0 Å². The molecule has 2 aliphatic rings. The summed E-state index contributed by atoms with van der Waals surface area (Å²) in [6.45, 7) is 6.90. The lowest BCUT2D eigenvalue weighted by Crippen LogP contribution is -2.49. The Balaban J connectivity index is 0.000000980. The molecule has 1 N–H and O–H groups in total. The van der Waals surface area contributed by atoms with Crippen molar-refractivity contribution < 1.29 is 9.47 Å². The monoisotopic (exact) mass is 221 g/mol. The van der Waals surface area contributed by atoms with Crippen LogP contribution in [-0.4, -0.2) is 31.6 Å². The molecule has 2 aliphatic heterocycles. The highest BCUT2D eigenvalue weighted by atomic mass is 35.5. The second-order valence-corrected chi connectivity index (χ2v) is 4.38. The predicted molar refractivity (Wildman–Crippen MR) is 57.7 cm³/mol. The molecule has 0 amide bonds. The molecule has 14 heavy (non-hydrogen) atoms. The molecule has 0 aliphatic carbocycles. The molecule has 3 atom stereocenters. The first-order valence-electron chi connectivity index (χ1n) is 5.20. The summed E-state index contributed by atoms with van der Waals surface area (Å²) in [5.41, 5.74) is -0.139. The molecule has 3 nitrogen and oxygen atoms in total. The first-order valence-corrected chi connectivity index (χ1v) is 5.20. The smallest absolute Gasteiger partial charge is 0.121 e. The van der Waals surface area contributed by atoms with E-state index in [0.29, 0.717) is 12.0 Å². The van der Waals surface area contributed by atoms with Crippen molar-refractivity contribution in [2.45, 2.75) is 38.5 Å². The highest BCUT2D eigenvalue weighted by Crippen LogP contribution is 2.30. The van der Waals surface area contributed by atoms with Gasteiger partial charge in [-0.1, -0.05) is 0 Å². The van der Waals surface area contributed by atoms with Crippen LogP contribution in [0.25, 0.3) is 0 Å². The van der Waals surface area contributed by atoms with Gasteiger partial charge in [-0.25, -0.2) is 0 Å². The molecule has 0 spiro atoms. The zero-order valence-corrected chi connectivity index (χ0v) is 9.73. The van der Waals surface area contributed by atoms with Crippen molar-refractivity contribution in [1.29, 1.82) is 0 Å². The Labute approximate surface area is 91.9 Å². The molecule has 2 heterocycles. The molecule has 0 saturated carbocycles. The first kappa shape index (κ1) is 12.2. The Morgan fingerprint density at radius 2 is 2.14 bits per heavy atom. The molecule has 0 bridgehead atoms. The highest BCUT2D eigenvalue weighted by Gasteiger charge is 2.41. The van der Waals surface area contributed by atoms with Gasteiger partial charge in [-0.3, -0.25) is 5.32 Å². The van der Waals surface area contributed by atoms with Gasteiger partial charge >= 0.3 is 0 Å². The van der Waals surface area contributed by atoms with Gasteiger partial charge in [0.2, 0.25) is 0 Å². The Morgan fingerprint density at radius 3 is 2.64 bits per heavy atom. The third kappa shape index (κ3) is 2.40. The minimum atomic E-state index is -0.139. The average Bonchev–Trinajstić information content (AvgIpc) is 2.49. The zero-order valence-electron chi connectivity index (χ0n) is 8.91. The van der Waals surface area contributed by atoms with Gasteiger partial charge in [0, 0.05) is 18.6 Å². The van der Waals surface area contributed by atoms with Gasteiger partial charge in [0.25, 0.3) is 0 Å². The Bertz CT molecular complexity index is 185. The fourth-order valence-electron chi connectivity index (χ4n) is 2.28. The SMILES string of the molecule is CC1COC(C)(C2CCCOC2)N1.Cl. The Hall–Kier alpha value is 0.170. The molecular formula is C10H20ClNO2. The van der Waals surface area contributed by atoms with Crippen molar-refractivity contribution in [2.24, 2.45) is 5.92 Å². The van der Waals surface area contributed by atoms with Gasteiger partial charge in [-0.05, 0) is 26.7 Å². The number of rotatable bonds is 1. The summed E-state index contributed by atoms with van der Waals surface area (Å²) >= 11 is 0. The highest BCUT2D eigenvalue weighted by molar-refractivity contribution is 5.85. The van der Waals surface area contributed by atoms with E-state index in [2.05, 4.69) is 19.2 Å². The molecule has 4 heteroatoms. The van der Waals surface area contributed by atoms with Crippen molar-refractivity contribution in [3.05, 3.63) is 0 Å². The van der Waals surface area contributed by atoms with Crippen LogP contribution >= 0.6 is 12.4 Å². The molecular weight excluding hydrogens is 202 g/mol. The van der Waals surface area contributed by atoms with Gasteiger partial charge < -0.3 is 9.47 Å². The summed E-state index contributed by atoms with van der Waals surface area (Å²) < 4.78 is 11.3. The summed E-state index contributed by atoms with van der Waals surface area (Å²) in [6, 6.07) is 0.479. The maximum atomic E-state index is 5.80. The van der Waals surface area contributed by atoms with E-state index >= 15 is 0 Å². The van der Waals surface area contributed by atoms with Crippen molar-refractivity contribution in [2.75, 3.05) is 19.8 Å². The molecule has 84 valence electrons. The molecule has 0 aromatic carbocycles. The van der Waals surface area contributed by atoms with Crippen LogP contribution in [0.3, 0.4) is 0 Å². The number of halogens is 1. The normalized spacial score (nSPS) is 43.3. The van der Waals surface area contributed by atoms with Gasteiger partial charge in [-0.15, -0.1) is 12.4 Å². The molecule has 0 aromatic heterocycles. The van der Waals surface area contributed by atoms with Gasteiger partial charge in [0.1, 0.15) is 5.72 Å². The van der Waals surface area contributed by atoms with Crippen LogP contribution in [0, 0.1) is 5.92 Å². The lowest BCUT2D eigenvalue weighted by atomic mass is 9.91. The van der Waals surface area contributed by atoms with E-state index in [1.807, 2.05) is 0 Å². The summed E-state index contributed by atoms with van der Waals surface area (Å²) in [5, 5.41) is 3.50. The fraction of sp³-hybridized carbons (Fsp3) is 1.00. The maximum absolute atomic E-state index is 5.80. The van der Waals surface area contributed by atoms with Crippen molar-refractivity contribution in [3.63, 3.8) is 0 Å². The minimum absolute atomic E-state index is 0. The van der Waals surface area contributed by atoms with E-state index in [1.165, 1.54) is 12.8 Å². The standard InChI is InChI=1S/C10H19NO2.ClH/c1-8-6-13-10(2,11-8)9-4-3-5-12-7-9;/h8-9,11H,3-7H2,1-2H3;1H. The van der Waals surface area contributed by atoms with Crippen LogP contribution in [0.15, 0.2) is 0 Å². The summed E-state index contributed by atoms with van der Waals surface area (Å²) in [4.78, 5) is 0. The van der Waals surface area contributed by atoms with Crippen molar-refractivity contribution in [1.82, 2.24) is 5.32 Å². The summed E-state index contributed by atoms with van der Waals surface area (Å²) in [6.07, 6.45) is 2.38. The summed E-state index contributed by atoms with van der Waals surface area (Å²) in [7, 11) is 0. The van der Waals surface area contributed by atoms with Crippen molar-refractivity contribution >= 4 is 12.4 Å². The minimum Gasteiger partial charge on any atom is -0.381 e. The largest absolute Gasteiger partial charge is 0.381 e. The van der Waals surface area contributed by atoms with E-state index in [-0.39, 0.29) is 18.1 Å². The maximum Gasteiger partial charge on any atom is 0.121 e. The van der Waals surface area contributed by atoms with Crippen LogP contribution in [0.5, 0.6) is 0 Å². The fourth-order valence-corrected chi connectivity index (χ4v) is 2.28. The number of hydrogen-bond acceptors (Lipinski definition) is 3. The third-order valence-electron chi connectivity index (χ3n) is 3.11. The molecule has 2 saturated heterocycles. The summed E-state index contributed by atoms with van der Waals surface area (Å²) in [5.74, 6) is 0.520. The Morgan fingerprint density at radius 1 is 1.36 bits per heavy atom. The number of ether oxygens (including phenoxy) is 2. The van der Waals surface area contributed by atoms with Crippen LogP contribution in [0.4, 0.5) is 0 Å². The number of hydrogen-bond donors (Lipinski definition) is 1. The third-order valence-corrected chi connectivity index (χ3v) is 3.11. The van der Waals surface area contributed by atoms with Crippen molar-refractivity contribution in [3.8, 4) is 0 Å². The van der Waals surface area contributed by atoms with Crippen LogP contribution in [0.2, 0.25) is 0 Å². The van der Waals surface area contributed by atoms with E-state index in [4.69, 9.17) is 9.47 Å². The molecule has 3 unspecified atom stereocenters. The molecule has 0 radical (unpaired) electrons. The van der Waals surface area contributed by atoms with Gasteiger partial charge in [0.15, 0.2) is 0 Å². The molecule has 2 fully saturated rings. The van der Waals surface area contributed by atoms with E-state index in [0.717, 1.165) is 19.8 Å². The second-order valence-electron chi connectivity index (χ2n) is 4.38. The lowest BCUT2D eigenvalue weighted by Gasteiger charge is -2.36. The topological polar surface area (TPSA) is 30.5 Å². The van der Waals surface area contributed by atoms with E-state index in [9.17, 15) is 0 Å². The first-order chi connectivity index (χ1) is 6.21. The van der Waals surface area contributed by atoms with Gasteiger partial charge in [-0.2, -0.15) is 0 Å². The predicted octanol–water partition coefficient (Wildman–Crippen LogP) is 1.56. The second kappa shape index (κ2) is 4.79. The zero-order chi connectivity index (χ0) is 9.31. The van der Waals surface area contributed by atoms with Gasteiger partial charge in [0.05, 0.1) is 13.2 Å².